The molecule has 0 amide bonds. The smallest absolute Gasteiger partial charge is 0.161 e. The molecule has 0 aliphatic rings. The molecule has 1 rings (SSSR count). The Bertz CT molecular complexity index is 261. The Morgan fingerprint density at radius 2 is 2.29 bits per heavy atom. The van der Waals surface area contributed by atoms with Gasteiger partial charge in [0.1, 0.15) is 0 Å². The van der Waals surface area contributed by atoms with Crippen molar-refractivity contribution in [3.63, 3.8) is 0 Å². The highest BCUT2D eigenvalue weighted by Crippen LogP contribution is 2.24. The summed E-state index contributed by atoms with van der Waals surface area (Å²) >= 11 is 0. The maximum absolute atomic E-state index is 5.27. The summed E-state index contributed by atoms with van der Waals surface area (Å²) in [4.78, 5) is 0. The van der Waals surface area contributed by atoms with E-state index >= 15 is 0 Å². The molecule has 80 valence electrons. The van der Waals surface area contributed by atoms with Crippen molar-refractivity contribution in [1.82, 2.24) is 15.1 Å². The maximum atomic E-state index is 5.27. The summed E-state index contributed by atoms with van der Waals surface area (Å²) in [5.74, 6) is 0.861. The van der Waals surface area contributed by atoms with Gasteiger partial charge in [-0.2, -0.15) is 5.10 Å². The van der Waals surface area contributed by atoms with Crippen LogP contribution in [0.1, 0.15) is 32.5 Å². The Balaban J connectivity index is 2.95. The highest BCUT2D eigenvalue weighted by molar-refractivity contribution is 5.27. The second kappa shape index (κ2) is 5.00. The predicted octanol–water partition coefficient (Wildman–Crippen LogP) is 1.58. The highest BCUT2D eigenvalue weighted by Gasteiger charge is 2.16. The molecule has 14 heavy (non-hydrogen) atoms. The quantitative estimate of drug-likeness (QED) is 0.779. The molecule has 0 bridgehead atoms. The van der Waals surface area contributed by atoms with Crippen LogP contribution in [0.3, 0.4) is 0 Å². The molecule has 1 unspecified atom stereocenters. The first-order chi connectivity index (χ1) is 6.74. The lowest BCUT2D eigenvalue weighted by Crippen LogP contribution is -2.21. The molecule has 4 heteroatoms. The van der Waals surface area contributed by atoms with Crippen LogP contribution >= 0.6 is 0 Å². The number of nitrogens with one attached hydrogen (secondary N) is 1. The van der Waals surface area contributed by atoms with Gasteiger partial charge in [-0.05, 0) is 20.4 Å². The van der Waals surface area contributed by atoms with Crippen LogP contribution in [0.5, 0.6) is 5.75 Å². The molecule has 0 spiro atoms. The van der Waals surface area contributed by atoms with Crippen LogP contribution in [0.15, 0.2) is 6.20 Å². The third kappa shape index (κ3) is 2.07. The number of hydrogen-bond acceptors (Lipinski definition) is 3. The molecule has 0 aliphatic carbocycles. The predicted molar refractivity (Wildman–Crippen MR) is 56.5 cm³/mol. The van der Waals surface area contributed by atoms with Crippen LogP contribution in [-0.4, -0.2) is 23.4 Å². The molecule has 0 radical (unpaired) electrons. The average Bonchev–Trinajstić information content (AvgIpc) is 2.60. The summed E-state index contributed by atoms with van der Waals surface area (Å²) in [6, 6.07) is 0.275. The Kier molecular flexibility index (Phi) is 3.95. The average molecular weight is 197 g/mol. The zero-order chi connectivity index (χ0) is 10.6. The minimum atomic E-state index is 0.275. The third-order valence-corrected chi connectivity index (χ3v) is 2.28. The second-order valence-corrected chi connectivity index (χ2v) is 3.19. The third-order valence-electron chi connectivity index (χ3n) is 2.28. The first kappa shape index (κ1) is 11.0. The zero-order valence-electron chi connectivity index (χ0n) is 9.37. The van der Waals surface area contributed by atoms with Gasteiger partial charge in [-0.1, -0.05) is 6.92 Å². The highest BCUT2D eigenvalue weighted by atomic mass is 16.5. The first-order valence-corrected chi connectivity index (χ1v) is 5.07. The van der Waals surface area contributed by atoms with E-state index in [1.54, 1.807) is 13.3 Å². The Morgan fingerprint density at radius 1 is 1.57 bits per heavy atom. The van der Waals surface area contributed by atoms with Gasteiger partial charge < -0.3 is 10.1 Å². The van der Waals surface area contributed by atoms with E-state index in [1.807, 2.05) is 4.68 Å². The van der Waals surface area contributed by atoms with Gasteiger partial charge in [0.05, 0.1) is 25.0 Å². The van der Waals surface area contributed by atoms with Crippen molar-refractivity contribution >= 4 is 0 Å². The number of aromatic nitrogens is 2. The van der Waals surface area contributed by atoms with E-state index in [9.17, 15) is 0 Å². The number of methoxy groups -OCH3 is 1. The van der Waals surface area contributed by atoms with Crippen LogP contribution in [0.4, 0.5) is 0 Å². The van der Waals surface area contributed by atoms with Gasteiger partial charge in [-0.15, -0.1) is 0 Å². The van der Waals surface area contributed by atoms with Crippen LogP contribution < -0.4 is 10.1 Å². The molecule has 0 saturated carbocycles. The first-order valence-electron chi connectivity index (χ1n) is 5.07. The Hall–Kier alpha value is -1.03. The fourth-order valence-corrected chi connectivity index (χ4v) is 1.63. The van der Waals surface area contributed by atoms with Crippen LogP contribution in [0.25, 0.3) is 0 Å². The van der Waals surface area contributed by atoms with Gasteiger partial charge >= 0.3 is 0 Å². The summed E-state index contributed by atoms with van der Waals surface area (Å²) in [6.07, 6.45) is 1.77. The molecule has 0 fully saturated rings. The summed E-state index contributed by atoms with van der Waals surface area (Å²) in [5, 5.41) is 7.62. The molecule has 0 aromatic carbocycles. The van der Waals surface area contributed by atoms with Crippen LogP contribution in [0.2, 0.25) is 0 Å². The largest absolute Gasteiger partial charge is 0.493 e. The van der Waals surface area contributed by atoms with E-state index in [2.05, 4.69) is 31.2 Å². The molecule has 0 saturated heterocycles. The van der Waals surface area contributed by atoms with Crippen LogP contribution in [0, 0.1) is 0 Å². The number of hydrogen-bond donors (Lipinski definition) is 1. The van der Waals surface area contributed by atoms with E-state index in [4.69, 9.17) is 4.74 Å². The fraction of sp³-hybridized carbons (Fsp3) is 0.700. The topological polar surface area (TPSA) is 39.1 Å². The summed E-state index contributed by atoms with van der Waals surface area (Å²) in [5.41, 5.74) is 1.12. The number of aryl methyl sites for hydroxylation is 1. The normalized spacial score (nSPS) is 12.9. The molecule has 0 aliphatic heterocycles. The van der Waals surface area contributed by atoms with Crippen molar-refractivity contribution in [3.05, 3.63) is 11.9 Å². The number of nitrogens with zero attached hydrogens (tertiary/aromatic N) is 2. The minimum absolute atomic E-state index is 0.275. The monoisotopic (exact) mass is 197 g/mol. The van der Waals surface area contributed by atoms with Crippen molar-refractivity contribution in [2.75, 3.05) is 13.7 Å². The van der Waals surface area contributed by atoms with Crippen molar-refractivity contribution in [3.8, 4) is 5.75 Å². The molecular formula is C10H19N3O. The summed E-state index contributed by atoms with van der Waals surface area (Å²) in [6.45, 7) is 8.10. The lowest BCUT2D eigenvalue weighted by molar-refractivity contribution is 0.396. The van der Waals surface area contributed by atoms with Crippen molar-refractivity contribution in [2.45, 2.75) is 33.4 Å². The lowest BCUT2D eigenvalue weighted by atomic mass is 10.2. The van der Waals surface area contributed by atoms with E-state index in [1.165, 1.54) is 0 Å². The molecule has 1 N–H and O–H groups in total. The summed E-state index contributed by atoms with van der Waals surface area (Å²) < 4.78 is 7.24. The van der Waals surface area contributed by atoms with Gasteiger partial charge in [0.25, 0.3) is 0 Å². The van der Waals surface area contributed by atoms with E-state index < -0.39 is 0 Å². The van der Waals surface area contributed by atoms with Gasteiger partial charge in [0.15, 0.2) is 5.75 Å². The SMILES string of the molecule is CCNC(C)c1c(OC)cnn1CC. The molecular weight excluding hydrogens is 178 g/mol. The van der Waals surface area contributed by atoms with Gasteiger partial charge in [-0.25, -0.2) is 0 Å². The molecule has 1 heterocycles. The van der Waals surface area contributed by atoms with E-state index in [0.29, 0.717) is 0 Å². The fourth-order valence-electron chi connectivity index (χ4n) is 1.63. The van der Waals surface area contributed by atoms with Crippen molar-refractivity contribution in [2.24, 2.45) is 0 Å². The molecule has 1 atom stereocenters. The van der Waals surface area contributed by atoms with Gasteiger partial charge in [0.2, 0.25) is 0 Å². The minimum Gasteiger partial charge on any atom is -0.493 e. The van der Waals surface area contributed by atoms with E-state index in [0.717, 1.165) is 24.5 Å². The van der Waals surface area contributed by atoms with Gasteiger partial charge in [-0.3, -0.25) is 4.68 Å². The maximum Gasteiger partial charge on any atom is 0.161 e. The standard InChI is InChI=1S/C10H19N3O/c1-5-11-8(3)10-9(14-4)7-12-13(10)6-2/h7-8,11H,5-6H2,1-4H3. The number of rotatable bonds is 5. The molecule has 1 aromatic heterocycles. The van der Waals surface area contributed by atoms with Crippen LogP contribution in [-0.2, 0) is 6.54 Å². The summed E-state index contributed by atoms with van der Waals surface area (Å²) in [7, 11) is 1.68. The van der Waals surface area contributed by atoms with Crippen molar-refractivity contribution < 1.29 is 4.74 Å². The van der Waals surface area contributed by atoms with E-state index in [-0.39, 0.29) is 6.04 Å². The molecule has 1 aromatic rings. The Morgan fingerprint density at radius 3 is 2.79 bits per heavy atom. The van der Waals surface area contributed by atoms with Gasteiger partial charge in [0, 0.05) is 6.54 Å². The molecule has 4 nitrogen and oxygen atoms in total. The zero-order valence-corrected chi connectivity index (χ0v) is 9.37. The lowest BCUT2D eigenvalue weighted by Gasteiger charge is -2.15. The Labute approximate surface area is 85.3 Å². The van der Waals surface area contributed by atoms with Crippen molar-refractivity contribution in [1.29, 1.82) is 0 Å². The number of ether oxygens (including phenoxy) is 1. The second-order valence-electron chi connectivity index (χ2n) is 3.19.